The molecule has 0 aliphatic heterocycles. The van der Waals surface area contributed by atoms with Gasteiger partial charge in [-0.3, -0.25) is 18.6 Å². The van der Waals surface area contributed by atoms with Gasteiger partial charge in [0.1, 0.15) is 5.65 Å². The summed E-state index contributed by atoms with van der Waals surface area (Å²) in [6.45, 7) is 2.45. The fourth-order valence-corrected chi connectivity index (χ4v) is 3.81. The van der Waals surface area contributed by atoms with Crippen LogP contribution in [0.15, 0.2) is 69.5 Å². The van der Waals surface area contributed by atoms with Crippen LogP contribution in [0.2, 0.25) is 0 Å². The number of rotatable bonds is 4. The van der Waals surface area contributed by atoms with Crippen LogP contribution < -0.4 is 11.1 Å². The van der Waals surface area contributed by atoms with E-state index < -0.39 is 0 Å². The number of pyridine rings is 1. The van der Waals surface area contributed by atoms with Gasteiger partial charge in [0.15, 0.2) is 5.16 Å². The van der Waals surface area contributed by atoms with E-state index in [1.165, 1.54) is 22.2 Å². The molecule has 1 aromatic carbocycles. The number of aromatic nitrogens is 4. The van der Waals surface area contributed by atoms with Gasteiger partial charge >= 0.3 is 0 Å². The number of para-hydroxylation sites is 1. The van der Waals surface area contributed by atoms with Gasteiger partial charge < -0.3 is 0 Å². The highest BCUT2D eigenvalue weighted by Crippen LogP contribution is 2.21. The summed E-state index contributed by atoms with van der Waals surface area (Å²) in [4.78, 5) is 34.0. The average Bonchev–Trinajstić information content (AvgIpc) is 2.66. The van der Waals surface area contributed by atoms with E-state index >= 15 is 0 Å². The minimum atomic E-state index is -0.120. The summed E-state index contributed by atoms with van der Waals surface area (Å²) in [5.41, 5.74) is 1.78. The lowest BCUT2D eigenvalue weighted by Crippen LogP contribution is -2.22. The topological polar surface area (TPSA) is 69.3 Å². The van der Waals surface area contributed by atoms with Crippen molar-refractivity contribution in [2.75, 3.05) is 0 Å². The zero-order valence-corrected chi connectivity index (χ0v) is 14.9. The first-order valence-electron chi connectivity index (χ1n) is 8.27. The second-order valence-corrected chi connectivity index (χ2v) is 6.71. The molecule has 7 heteroatoms. The molecule has 0 spiro atoms. The second kappa shape index (κ2) is 6.76. The average molecular weight is 364 g/mol. The molecule has 3 heterocycles. The molecule has 0 bridgehead atoms. The number of nitrogens with zero attached hydrogens (tertiary/aromatic N) is 4. The third kappa shape index (κ3) is 2.90. The van der Waals surface area contributed by atoms with E-state index in [0.717, 1.165) is 0 Å². The zero-order chi connectivity index (χ0) is 18.1. The Kier molecular flexibility index (Phi) is 4.30. The lowest BCUT2D eigenvalue weighted by molar-refractivity contribution is 0.634. The van der Waals surface area contributed by atoms with Gasteiger partial charge in [-0.05, 0) is 31.2 Å². The third-order valence-electron chi connectivity index (χ3n) is 4.12. The molecule has 6 nitrogen and oxygen atoms in total. The normalized spacial score (nSPS) is 11.3. The Bertz CT molecular complexity index is 1230. The number of hydrogen-bond donors (Lipinski definition) is 0. The van der Waals surface area contributed by atoms with Crippen LogP contribution in [0.25, 0.3) is 16.6 Å². The quantitative estimate of drug-likeness (QED) is 0.411. The van der Waals surface area contributed by atoms with Gasteiger partial charge in [0.25, 0.3) is 11.1 Å². The number of benzene rings is 1. The highest BCUT2D eigenvalue weighted by atomic mass is 32.2. The standard InChI is InChI=1S/C19H16N4O2S/c1-2-22-18(25)14-7-3-4-8-15(14)21-19(22)26-12-13-11-17(24)23-10-6-5-9-16(23)20-13/h3-11H,2,12H2,1H3. The number of thioether (sulfide) groups is 1. The minimum Gasteiger partial charge on any atom is -0.287 e. The van der Waals surface area contributed by atoms with Crippen LogP contribution in [0.5, 0.6) is 0 Å². The second-order valence-electron chi connectivity index (χ2n) is 5.76. The molecule has 4 aromatic rings. The molecule has 26 heavy (non-hydrogen) atoms. The maximum atomic E-state index is 12.7. The first-order valence-corrected chi connectivity index (χ1v) is 9.25. The summed E-state index contributed by atoms with van der Waals surface area (Å²) in [7, 11) is 0. The van der Waals surface area contributed by atoms with Crippen molar-refractivity contribution in [1.82, 2.24) is 18.9 Å². The van der Waals surface area contributed by atoms with E-state index in [-0.39, 0.29) is 11.1 Å². The summed E-state index contributed by atoms with van der Waals surface area (Å²) in [6, 6.07) is 14.3. The van der Waals surface area contributed by atoms with Crippen LogP contribution in [0, 0.1) is 0 Å². The van der Waals surface area contributed by atoms with Crippen molar-refractivity contribution in [3.63, 3.8) is 0 Å². The van der Waals surface area contributed by atoms with Crippen molar-refractivity contribution >= 4 is 28.3 Å². The lowest BCUT2D eigenvalue weighted by atomic mass is 10.2. The van der Waals surface area contributed by atoms with E-state index in [1.807, 2.05) is 31.2 Å². The minimum absolute atomic E-state index is 0.0489. The molecule has 0 atom stereocenters. The smallest absolute Gasteiger partial charge is 0.262 e. The molecule has 0 aliphatic rings. The Morgan fingerprint density at radius 1 is 1.04 bits per heavy atom. The maximum Gasteiger partial charge on any atom is 0.262 e. The van der Waals surface area contributed by atoms with Gasteiger partial charge in [-0.15, -0.1) is 0 Å². The van der Waals surface area contributed by atoms with Crippen molar-refractivity contribution in [2.45, 2.75) is 24.4 Å². The Labute approximate surface area is 153 Å². The van der Waals surface area contributed by atoms with Crippen molar-refractivity contribution in [2.24, 2.45) is 0 Å². The van der Waals surface area contributed by atoms with E-state index in [4.69, 9.17) is 0 Å². The van der Waals surface area contributed by atoms with Gasteiger partial charge in [0, 0.05) is 24.6 Å². The van der Waals surface area contributed by atoms with Gasteiger partial charge in [-0.1, -0.05) is 30.0 Å². The predicted octanol–water partition coefficient (Wildman–Crippen LogP) is 2.72. The van der Waals surface area contributed by atoms with Crippen LogP contribution in [0.1, 0.15) is 12.6 Å². The van der Waals surface area contributed by atoms with Crippen LogP contribution in [0.4, 0.5) is 0 Å². The largest absolute Gasteiger partial charge is 0.287 e. The van der Waals surface area contributed by atoms with Gasteiger partial charge in [0.2, 0.25) is 0 Å². The molecular weight excluding hydrogens is 348 g/mol. The Hall–Kier alpha value is -2.93. The van der Waals surface area contributed by atoms with Crippen molar-refractivity contribution < 1.29 is 0 Å². The third-order valence-corrected chi connectivity index (χ3v) is 5.13. The maximum absolute atomic E-state index is 12.7. The molecule has 0 fully saturated rings. The van der Waals surface area contributed by atoms with Crippen molar-refractivity contribution in [3.8, 4) is 0 Å². The van der Waals surface area contributed by atoms with Gasteiger partial charge in [-0.25, -0.2) is 9.97 Å². The Morgan fingerprint density at radius 2 is 1.85 bits per heavy atom. The molecule has 3 aromatic heterocycles. The monoisotopic (exact) mass is 364 g/mol. The van der Waals surface area contributed by atoms with E-state index in [9.17, 15) is 9.59 Å². The zero-order valence-electron chi connectivity index (χ0n) is 14.1. The van der Waals surface area contributed by atoms with Gasteiger partial charge in [0.05, 0.1) is 16.6 Å². The van der Waals surface area contributed by atoms with E-state index in [1.54, 1.807) is 29.0 Å². The molecule has 130 valence electrons. The first kappa shape index (κ1) is 16.5. The SMILES string of the molecule is CCn1c(SCc2cc(=O)n3ccccc3n2)nc2ccccc2c1=O. The van der Waals surface area contributed by atoms with Crippen LogP contribution in [-0.4, -0.2) is 18.9 Å². The number of fused-ring (bicyclic) bond motifs is 2. The molecule has 0 radical (unpaired) electrons. The molecular formula is C19H16N4O2S. The van der Waals surface area contributed by atoms with Crippen LogP contribution in [-0.2, 0) is 12.3 Å². The predicted molar refractivity (Wildman–Crippen MR) is 103 cm³/mol. The number of hydrogen-bond acceptors (Lipinski definition) is 5. The Balaban J connectivity index is 1.72. The highest BCUT2D eigenvalue weighted by molar-refractivity contribution is 7.98. The van der Waals surface area contributed by atoms with E-state index in [2.05, 4.69) is 9.97 Å². The first-order chi connectivity index (χ1) is 12.7. The van der Waals surface area contributed by atoms with E-state index in [0.29, 0.717) is 39.7 Å². The van der Waals surface area contributed by atoms with Gasteiger partial charge in [-0.2, -0.15) is 0 Å². The highest BCUT2D eigenvalue weighted by Gasteiger charge is 2.11. The summed E-state index contributed by atoms with van der Waals surface area (Å²) >= 11 is 1.41. The van der Waals surface area contributed by atoms with Crippen LogP contribution in [0.3, 0.4) is 0 Å². The lowest BCUT2D eigenvalue weighted by Gasteiger charge is -2.11. The van der Waals surface area contributed by atoms with Crippen molar-refractivity contribution in [1.29, 1.82) is 0 Å². The fraction of sp³-hybridized carbons (Fsp3) is 0.158. The molecule has 0 aliphatic carbocycles. The summed E-state index contributed by atoms with van der Waals surface area (Å²) in [6.07, 6.45) is 1.70. The molecule has 0 saturated carbocycles. The molecule has 4 rings (SSSR count). The molecule has 0 saturated heterocycles. The summed E-state index contributed by atoms with van der Waals surface area (Å²) in [5.74, 6) is 0.464. The van der Waals surface area contributed by atoms with Crippen molar-refractivity contribution in [3.05, 3.63) is 81.1 Å². The molecule has 0 unspecified atom stereocenters. The molecule has 0 amide bonds. The summed E-state index contributed by atoms with van der Waals surface area (Å²) in [5, 5.41) is 1.24. The van der Waals surface area contributed by atoms with Crippen LogP contribution >= 0.6 is 11.8 Å². The summed E-state index contributed by atoms with van der Waals surface area (Å²) < 4.78 is 3.16. The fourth-order valence-electron chi connectivity index (χ4n) is 2.85. The molecule has 0 N–H and O–H groups in total. The Morgan fingerprint density at radius 3 is 2.69 bits per heavy atom.